The molecule has 0 aromatic rings. The van der Waals surface area contributed by atoms with Crippen LogP contribution in [-0.4, -0.2) is 23.3 Å². The Hall–Kier alpha value is -0.570. The lowest BCUT2D eigenvalue weighted by Gasteiger charge is -2.35. The lowest BCUT2D eigenvalue weighted by molar-refractivity contribution is -0.146. The third-order valence-corrected chi connectivity index (χ3v) is 4.39. The van der Waals surface area contributed by atoms with Crippen molar-refractivity contribution >= 4 is 5.97 Å². The van der Waals surface area contributed by atoms with Gasteiger partial charge in [0.15, 0.2) is 0 Å². The third-order valence-electron chi connectivity index (χ3n) is 4.39. The molecule has 1 aliphatic heterocycles. The monoisotopic (exact) mass is 182 g/mol. The highest BCUT2D eigenvalue weighted by molar-refractivity contribution is 5.78. The highest BCUT2D eigenvalue weighted by Crippen LogP contribution is 2.63. The quantitative estimate of drug-likeness (QED) is 0.557. The van der Waals surface area contributed by atoms with Gasteiger partial charge in [0.1, 0.15) is 6.10 Å². The smallest absolute Gasteiger partial charge is 0.310 e. The Balaban J connectivity index is 2.11. The maximum Gasteiger partial charge on any atom is 0.310 e. The molecular formula is C10H14O3. The molecule has 0 spiro atoms. The van der Waals surface area contributed by atoms with E-state index in [-0.39, 0.29) is 29.3 Å². The van der Waals surface area contributed by atoms with Gasteiger partial charge < -0.3 is 9.84 Å². The van der Waals surface area contributed by atoms with E-state index in [1.165, 1.54) is 0 Å². The Morgan fingerprint density at radius 1 is 1.54 bits per heavy atom. The van der Waals surface area contributed by atoms with Gasteiger partial charge in [0.25, 0.3) is 0 Å². The molecule has 3 nitrogen and oxygen atoms in total. The number of ether oxygens (including phenoxy) is 1. The fourth-order valence-electron chi connectivity index (χ4n) is 3.74. The van der Waals surface area contributed by atoms with Gasteiger partial charge in [0.05, 0.1) is 12.0 Å². The fourth-order valence-corrected chi connectivity index (χ4v) is 3.74. The molecule has 72 valence electrons. The Bertz CT molecular complexity index is 284. The van der Waals surface area contributed by atoms with Crippen molar-refractivity contribution in [1.29, 1.82) is 0 Å². The first-order valence-electron chi connectivity index (χ1n) is 4.92. The normalized spacial score (nSPS) is 55.6. The van der Waals surface area contributed by atoms with E-state index in [4.69, 9.17) is 4.74 Å². The van der Waals surface area contributed by atoms with Crippen LogP contribution in [0, 0.1) is 23.2 Å². The molecule has 1 N–H and O–H groups in total. The molecule has 3 aliphatic rings. The molecule has 0 amide bonds. The predicted octanol–water partition coefficient (Wildman–Crippen LogP) is 0.565. The summed E-state index contributed by atoms with van der Waals surface area (Å²) in [5.74, 6) is 0.520. The van der Waals surface area contributed by atoms with Crippen molar-refractivity contribution in [2.75, 3.05) is 0 Å². The van der Waals surface area contributed by atoms with E-state index >= 15 is 0 Å². The number of esters is 1. The van der Waals surface area contributed by atoms with Crippen LogP contribution in [0.15, 0.2) is 0 Å². The molecule has 13 heavy (non-hydrogen) atoms. The summed E-state index contributed by atoms with van der Waals surface area (Å²) >= 11 is 0. The molecule has 3 rings (SSSR count). The van der Waals surface area contributed by atoms with Gasteiger partial charge in [0.2, 0.25) is 0 Å². The lowest BCUT2D eigenvalue weighted by atomic mass is 9.68. The zero-order valence-electron chi connectivity index (χ0n) is 7.86. The summed E-state index contributed by atoms with van der Waals surface area (Å²) in [6.45, 7) is 4.16. The first kappa shape index (κ1) is 7.80. The van der Waals surface area contributed by atoms with Gasteiger partial charge in [-0.25, -0.2) is 0 Å². The minimum absolute atomic E-state index is 0.0471. The predicted molar refractivity (Wildman–Crippen MR) is 44.8 cm³/mol. The summed E-state index contributed by atoms with van der Waals surface area (Å²) in [6, 6.07) is 0. The van der Waals surface area contributed by atoms with Crippen LogP contribution in [-0.2, 0) is 9.53 Å². The molecule has 1 heterocycles. The van der Waals surface area contributed by atoms with Crippen LogP contribution in [0.1, 0.15) is 20.3 Å². The van der Waals surface area contributed by atoms with E-state index < -0.39 is 6.10 Å². The van der Waals surface area contributed by atoms with Crippen molar-refractivity contribution < 1.29 is 14.6 Å². The second kappa shape index (κ2) is 1.92. The van der Waals surface area contributed by atoms with Crippen LogP contribution in [0.4, 0.5) is 0 Å². The van der Waals surface area contributed by atoms with Crippen LogP contribution in [0.5, 0.6) is 0 Å². The van der Waals surface area contributed by atoms with E-state index in [0.717, 1.165) is 6.42 Å². The Morgan fingerprint density at radius 3 is 2.85 bits per heavy atom. The number of fused-ring (bicyclic) bond motifs is 1. The zero-order valence-corrected chi connectivity index (χ0v) is 7.86. The maximum atomic E-state index is 11.5. The molecule has 0 radical (unpaired) electrons. The third kappa shape index (κ3) is 0.654. The van der Waals surface area contributed by atoms with Crippen LogP contribution in [0.3, 0.4) is 0 Å². The molecule has 2 aliphatic carbocycles. The van der Waals surface area contributed by atoms with Crippen molar-refractivity contribution in [2.45, 2.75) is 32.5 Å². The van der Waals surface area contributed by atoms with Gasteiger partial charge in [-0.3, -0.25) is 4.79 Å². The summed E-state index contributed by atoms with van der Waals surface area (Å²) in [4.78, 5) is 11.5. The Morgan fingerprint density at radius 2 is 2.23 bits per heavy atom. The minimum Gasteiger partial charge on any atom is -0.459 e. The average Bonchev–Trinajstić information content (AvgIpc) is 2.54. The van der Waals surface area contributed by atoms with Crippen LogP contribution < -0.4 is 0 Å². The first-order chi connectivity index (χ1) is 6.03. The van der Waals surface area contributed by atoms with Gasteiger partial charge in [-0.15, -0.1) is 0 Å². The second-order valence-electron chi connectivity index (χ2n) is 5.20. The molecule has 2 bridgehead atoms. The molecule has 0 aromatic heterocycles. The van der Waals surface area contributed by atoms with Crippen molar-refractivity contribution in [1.82, 2.24) is 0 Å². The number of carbonyl (C=O) groups excluding carboxylic acids is 1. The zero-order chi connectivity index (χ0) is 9.38. The number of rotatable bonds is 0. The van der Waals surface area contributed by atoms with Crippen molar-refractivity contribution in [3.8, 4) is 0 Å². The SMILES string of the molecule is CC1(C)C2CC3C(OC(=O)C31)C2O. The van der Waals surface area contributed by atoms with E-state index in [1.807, 2.05) is 0 Å². The van der Waals surface area contributed by atoms with Gasteiger partial charge >= 0.3 is 5.97 Å². The van der Waals surface area contributed by atoms with Crippen LogP contribution >= 0.6 is 0 Å². The second-order valence-corrected chi connectivity index (χ2v) is 5.20. The minimum atomic E-state index is -0.414. The number of carbonyl (C=O) groups is 1. The molecule has 3 heteroatoms. The average molecular weight is 182 g/mol. The summed E-state index contributed by atoms with van der Waals surface area (Å²) in [7, 11) is 0. The molecule has 1 saturated heterocycles. The topological polar surface area (TPSA) is 46.5 Å². The number of aliphatic hydroxyl groups excluding tert-OH is 1. The summed E-state index contributed by atoms with van der Waals surface area (Å²) < 4.78 is 5.20. The Kier molecular flexibility index (Phi) is 1.15. The first-order valence-corrected chi connectivity index (χ1v) is 4.92. The van der Waals surface area contributed by atoms with Crippen molar-refractivity contribution in [3.63, 3.8) is 0 Å². The summed E-state index contributed by atoms with van der Waals surface area (Å²) in [5, 5.41) is 9.88. The molecular weight excluding hydrogens is 168 g/mol. The number of aliphatic hydroxyl groups is 1. The number of hydrogen-bond acceptors (Lipinski definition) is 3. The molecule has 2 saturated carbocycles. The molecule has 5 unspecified atom stereocenters. The highest BCUT2D eigenvalue weighted by Gasteiger charge is 2.69. The highest BCUT2D eigenvalue weighted by atomic mass is 16.6. The fraction of sp³-hybridized carbons (Fsp3) is 0.900. The van der Waals surface area contributed by atoms with E-state index in [1.54, 1.807) is 0 Å². The van der Waals surface area contributed by atoms with E-state index in [0.29, 0.717) is 5.92 Å². The van der Waals surface area contributed by atoms with Crippen LogP contribution in [0.25, 0.3) is 0 Å². The molecule has 5 atom stereocenters. The lowest BCUT2D eigenvalue weighted by Crippen LogP contribution is -2.42. The van der Waals surface area contributed by atoms with Gasteiger partial charge in [-0.1, -0.05) is 13.8 Å². The summed E-state index contributed by atoms with van der Waals surface area (Å²) in [6.07, 6.45) is 0.369. The largest absolute Gasteiger partial charge is 0.459 e. The number of hydrogen-bond donors (Lipinski definition) is 1. The van der Waals surface area contributed by atoms with Crippen LogP contribution in [0.2, 0.25) is 0 Å². The summed E-state index contributed by atoms with van der Waals surface area (Å²) in [5.41, 5.74) is -0.0613. The van der Waals surface area contributed by atoms with Gasteiger partial charge in [0, 0.05) is 5.92 Å². The Labute approximate surface area is 77.1 Å². The van der Waals surface area contributed by atoms with Gasteiger partial charge in [-0.2, -0.15) is 0 Å². The van der Waals surface area contributed by atoms with Crippen molar-refractivity contribution in [2.24, 2.45) is 23.2 Å². The van der Waals surface area contributed by atoms with Crippen molar-refractivity contribution in [3.05, 3.63) is 0 Å². The van der Waals surface area contributed by atoms with Gasteiger partial charge in [-0.05, 0) is 17.8 Å². The molecule has 3 fully saturated rings. The van der Waals surface area contributed by atoms with E-state index in [2.05, 4.69) is 13.8 Å². The maximum absolute atomic E-state index is 11.5. The molecule has 0 aromatic carbocycles. The van der Waals surface area contributed by atoms with E-state index in [9.17, 15) is 9.90 Å². The standard InChI is InChI=1S/C10H14O3/c1-10(2)5-3-4-6(10)9(12)13-8(4)7(5)11/h4-8,11H,3H2,1-2H3.